The van der Waals surface area contributed by atoms with Crippen molar-refractivity contribution in [2.45, 2.75) is 58.7 Å². The summed E-state index contributed by atoms with van der Waals surface area (Å²) in [6.07, 6.45) is 6.62. The van der Waals surface area contributed by atoms with Gasteiger partial charge in [0.15, 0.2) is 0 Å². The van der Waals surface area contributed by atoms with Gasteiger partial charge in [0.25, 0.3) is 0 Å². The van der Waals surface area contributed by atoms with Crippen LogP contribution in [0.2, 0.25) is 0 Å². The highest BCUT2D eigenvalue weighted by Crippen LogP contribution is 2.21. The molecule has 2 aromatic rings. The molecule has 2 N–H and O–H groups in total. The van der Waals surface area contributed by atoms with Crippen LogP contribution in [0.1, 0.15) is 45.1 Å². The maximum atomic E-state index is 8.82. The van der Waals surface area contributed by atoms with Crippen molar-refractivity contribution in [2.24, 2.45) is 0 Å². The van der Waals surface area contributed by atoms with Crippen LogP contribution in [0, 0.1) is 0 Å². The molecule has 0 radical (unpaired) electrons. The van der Waals surface area contributed by atoms with Crippen LogP contribution in [0.5, 0.6) is 0 Å². The van der Waals surface area contributed by atoms with E-state index in [0.717, 1.165) is 25.9 Å². The van der Waals surface area contributed by atoms with Crippen molar-refractivity contribution >= 4 is 10.9 Å². The van der Waals surface area contributed by atoms with E-state index in [1.165, 1.54) is 29.3 Å². The molecule has 21 heavy (non-hydrogen) atoms. The first kappa shape index (κ1) is 16.1. The summed E-state index contributed by atoms with van der Waals surface area (Å²) in [6.45, 7) is 6.66. The second-order valence-electron chi connectivity index (χ2n) is 6.04. The standard InChI is InChI=1S/C18H28N2O/c1-15(2)19-14-17-9-7-8-16-10-12-20(18(16)17)11-5-3-4-6-13-21/h7-10,12,15,19,21H,3-6,11,13-14H2,1-2H3. The molecule has 0 aliphatic carbocycles. The van der Waals surface area contributed by atoms with E-state index in [1.807, 2.05) is 0 Å². The number of nitrogens with zero attached hydrogens (tertiary/aromatic N) is 1. The molecule has 1 heterocycles. The van der Waals surface area contributed by atoms with Gasteiger partial charge in [0, 0.05) is 31.9 Å². The zero-order chi connectivity index (χ0) is 15.1. The minimum Gasteiger partial charge on any atom is -0.396 e. The highest BCUT2D eigenvalue weighted by Gasteiger charge is 2.06. The average Bonchev–Trinajstić information content (AvgIpc) is 2.89. The molecule has 0 aliphatic rings. The molecule has 3 nitrogen and oxygen atoms in total. The number of hydrogen-bond donors (Lipinski definition) is 2. The summed E-state index contributed by atoms with van der Waals surface area (Å²) in [7, 11) is 0. The summed E-state index contributed by atoms with van der Waals surface area (Å²) in [5.74, 6) is 0. The monoisotopic (exact) mass is 288 g/mol. The topological polar surface area (TPSA) is 37.2 Å². The summed E-state index contributed by atoms with van der Waals surface area (Å²) in [6, 6.07) is 9.27. The summed E-state index contributed by atoms with van der Waals surface area (Å²) in [5, 5.41) is 13.7. The number of para-hydroxylation sites is 1. The first-order chi connectivity index (χ1) is 10.2. The molecule has 0 unspecified atom stereocenters. The van der Waals surface area contributed by atoms with Crippen molar-refractivity contribution in [1.29, 1.82) is 0 Å². The number of aliphatic hydroxyl groups is 1. The molecule has 0 fully saturated rings. The van der Waals surface area contributed by atoms with Gasteiger partial charge in [-0.15, -0.1) is 0 Å². The van der Waals surface area contributed by atoms with Crippen molar-refractivity contribution in [3.05, 3.63) is 36.0 Å². The molecular weight excluding hydrogens is 260 g/mol. The van der Waals surface area contributed by atoms with Gasteiger partial charge in [-0.05, 0) is 29.9 Å². The predicted octanol–water partition coefficient (Wildman–Crippen LogP) is 3.69. The smallest absolute Gasteiger partial charge is 0.0525 e. The van der Waals surface area contributed by atoms with Crippen molar-refractivity contribution in [3.63, 3.8) is 0 Å². The van der Waals surface area contributed by atoms with Crippen LogP contribution < -0.4 is 5.32 Å². The van der Waals surface area contributed by atoms with E-state index < -0.39 is 0 Å². The van der Waals surface area contributed by atoms with Gasteiger partial charge >= 0.3 is 0 Å². The lowest BCUT2D eigenvalue weighted by Gasteiger charge is -2.12. The third kappa shape index (κ3) is 4.58. The molecule has 0 aliphatic heterocycles. The van der Waals surface area contributed by atoms with Crippen LogP contribution in [-0.2, 0) is 13.1 Å². The molecule has 0 amide bonds. The van der Waals surface area contributed by atoms with Crippen molar-refractivity contribution in [2.75, 3.05) is 6.61 Å². The molecule has 1 aromatic carbocycles. The second-order valence-corrected chi connectivity index (χ2v) is 6.04. The van der Waals surface area contributed by atoms with Crippen LogP contribution >= 0.6 is 0 Å². The van der Waals surface area contributed by atoms with E-state index in [1.54, 1.807) is 0 Å². The number of unbranched alkanes of at least 4 members (excludes halogenated alkanes) is 3. The van der Waals surface area contributed by atoms with Gasteiger partial charge in [-0.3, -0.25) is 0 Å². The lowest BCUT2D eigenvalue weighted by Crippen LogP contribution is -2.22. The van der Waals surface area contributed by atoms with E-state index in [-0.39, 0.29) is 0 Å². The Morgan fingerprint density at radius 3 is 2.67 bits per heavy atom. The van der Waals surface area contributed by atoms with Gasteiger partial charge in [0.2, 0.25) is 0 Å². The number of hydrogen-bond acceptors (Lipinski definition) is 2. The van der Waals surface area contributed by atoms with Crippen LogP contribution in [0.15, 0.2) is 30.5 Å². The second kappa shape index (κ2) is 8.20. The predicted molar refractivity (Wildman–Crippen MR) is 89.5 cm³/mol. The van der Waals surface area contributed by atoms with Gasteiger partial charge < -0.3 is 15.0 Å². The van der Waals surface area contributed by atoms with E-state index in [0.29, 0.717) is 12.6 Å². The third-order valence-corrected chi connectivity index (χ3v) is 3.88. The number of nitrogens with one attached hydrogen (secondary N) is 1. The normalized spacial score (nSPS) is 11.6. The minimum absolute atomic E-state index is 0.317. The first-order valence-corrected chi connectivity index (χ1v) is 8.13. The molecule has 0 saturated carbocycles. The largest absolute Gasteiger partial charge is 0.396 e. The number of fused-ring (bicyclic) bond motifs is 1. The van der Waals surface area contributed by atoms with Crippen molar-refractivity contribution in [3.8, 4) is 0 Å². The number of aromatic nitrogens is 1. The Morgan fingerprint density at radius 1 is 1.10 bits per heavy atom. The minimum atomic E-state index is 0.317. The van der Waals surface area contributed by atoms with E-state index >= 15 is 0 Å². The van der Waals surface area contributed by atoms with E-state index in [4.69, 9.17) is 5.11 Å². The SMILES string of the molecule is CC(C)NCc1cccc2ccn(CCCCCCO)c12. The maximum absolute atomic E-state index is 8.82. The molecule has 0 bridgehead atoms. The zero-order valence-electron chi connectivity index (χ0n) is 13.3. The molecular formula is C18H28N2O. The Labute approximate surface area is 128 Å². The third-order valence-electron chi connectivity index (χ3n) is 3.88. The molecule has 0 spiro atoms. The number of benzene rings is 1. The van der Waals surface area contributed by atoms with Crippen molar-refractivity contribution in [1.82, 2.24) is 9.88 Å². The van der Waals surface area contributed by atoms with E-state index in [9.17, 15) is 0 Å². The number of aryl methyl sites for hydroxylation is 1. The summed E-state index contributed by atoms with van der Waals surface area (Å²) in [5.41, 5.74) is 2.74. The molecule has 0 saturated heterocycles. The highest BCUT2D eigenvalue weighted by molar-refractivity contribution is 5.83. The quantitative estimate of drug-likeness (QED) is 0.691. The number of aliphatic hydroxyl groups excluding tert-OH is 1. The van der Waals surface area contributed by atoms with E-state index in [2.05, 4.69) is 54.2 Å². The Bertz CT molecular complexity index is 545. The van der Waals surface area contributed by atoms with Gasteiger partial charge in [0.1, 0.15) is 0 Å². The Balaban J connectivity index is 2.05. The number of rotatable bonds is 9. The van der Waals surface area contributed by atoms with Gasteiger partial charge in [-0.2, -0.15) is 0 Å². The van der Waals surface area contributed by atoms with Crippen LogP contribution in [0.4, 0.5) is 0 Å². The zero-order valence-corrected chi connectivity index (χ0v) is 13.3. The Kier molecular flexibility index (Phi) is 6.27. The fraction of sp³-hybridized carbons (Fsp3) is 0.556. The Hall–Kier alpha value is -1.32. The fourth-order valence-electron chi connectivity index (χ4n) is 2.73. The fourth-order valence-corrected chi connectivity index (χ4v) is 2.73. The van der Waals surface area contributed by atoms with Crippen LogP contribution in [-0.4, -0.2) is 22.3 Å². The highest BCUT2D eigenvalue weighted by atomic mass is 16.2. The lowest BCUT2D eigenvalue weighted by molar-refractivity contribution is 0.282. The molecule has 3 heteroatoms. The van der Waals surface area contributed by atoms with Gasteiger partial charge in [0.05, 0.1) is 5.52 Å². The van der Waals surface area contributed by atoms with Crippen LogP contribution in [0.3, 0.4) is 0 Å². The van der Waals surface area contributed by atoms with Crippen molar-refractivity contribution < 1.29 is 5.11 Å². The molecule has 116 valence electrons. The maximum Gasteiger partial charge on any atom is 0.0525 e. The molecule has 0 atom stereocenters. The summed E-state index contributed by atoms with van der Waals surface area (Å²) in [4.78, 5) is 0. The van der Waals surface area contributed by atoms with Gasteiger partial charge in [-0.1, -0.05) is 44.9 Å². The summed E-state index contributed by atoms with van der Waals surface area (Å²) < 4.78 is 2.38. The summed E-state index contributed by atoms with van der Waals surface area (Å²) >= 11 is 0. The molecule has 1 aromatic heterocycles. The lowest BCUT2D eigenvalue weighted by atomic mass is 10.1. The molecule has 2 rings (SSSR count). The average molecular weight is 288 g/mol. The first-order valence-electron chi connectivity index (χ1n) is 8.13. The van der Waals surface area contributed by atoms with Crippen LogP contribution in [0.25, 0.3) is 10.9 Å². The Morgan fingerprint density at radius 2 is 1.90 bits per heavy atom. The van der Waals surface area contributed by atoms with Gasteiger partial charge in [-0.25, -0.2) is 0 Å².